The van der Waals surface area contributed by atoms with Crippen LogP contribution in [0.5, 0.6) is 0 Å². The largest absolute Gasteiger partial charge is 0.417 e. The Hall–Kier alpha value is -2.74. The quantitative estimate of drug-likeness (QED) is 0.414. The van der Waals surface area contributed by atoms with E-state index in [1.165, 1.54) is 13.0 Å². The number of nitriles is 1. The number of benzene rings is 2. The molecule has 1 atom stereocenters. The van der Waals surface area contributed by atoms with Crippen molar-refractivity contribution in [2.75, 3.05) is 22.3 Å². The summed E-state index contributed by atoms with van der Waals surface area (Å²) >= 11 is 6.56. The van der Waals surface area contributed by atoms with Gasteiger partial charge in [-0.15, -0.1) is 23.4 Å². The number of anilines is 2. The lowest BCUT2D eigenvalue weighted by atomic mass is 10.1. The molecule has 3 N–H and O–H groups in total. The first-order valence-electron chi connectivity index (χ1n) is 8.70. The van der Waals surface area contributed by atoms with Crippen LogP contribution in [0.15, 0.2) is 47.4 Å². The summed E-state index contributed by atoms with van der Waals surface area (Å²) in [5.74, 6) is -1.53. The maximum absolute atomic E-state index is 13.1. The number of amides is 2. The van der Waals surface area contributed by atoms with Crippen molar-refractivity contribution in [2.45, 2.75) is 23.6 Å². The van der Waals surface area contributed by atoms with E-state index >= 15 is 0 Å². The number of alkyl halides is 4. The molecule has 0 unspecified atom stereocenters. The highest BCUT2D eigenvalue weighted by Gasteiger charge is 2.35. The zero-order chi connectivity index (χ0) is 23.2. The van der Waals surface area contributed by atoms with Gasteiger partial charge in [-0.05, 0) is 49.4 Å². The third-order valence-corrected chi connectivity index (χ3v) is 5.53. The second kappa shape index (κ2) is 10.0. The van der Waals surface area contributed by atoms with Gasteiger partial charge < -0.3 is 15.7 Å². The summed E-state index contributed by atoms with van der Waals surface area (Å²) in [5, 5.41) is 24.1. The van der Waals surface area contributed by atoms with Crippen LogP contribution < -0.4 is 10.6 Å². The molecule has 0 saturated heterocycles. The Morgan fingerprint density at radius 3 is 2.29 bits per heavy atom. The van der Waals surface area contributed by atoms with Gasteiger partial charge in [-0.2, -0.15) is 18.4 Å². The molecular formula is C20H17ClF3N3O3S. The Labute approximate surface area is 185 Å². The molecule has 2 aromatic rings. The summed E-state index contributed by atoms with van der Waals surface area (Å²) in [4.78, 5) is 24.3. The van der Waals surface area contributed by atoms with Gasteiger partial charge in [0, 0.05) is 22.0 Å². The normalized spacial score (nSPS) is 13.1. The number of aliphatic hydroxyl groups is 1. The summed E-state index contributed by atoms with van der Waals surface area (Å²) in [6, 6.07) is 10.8. The van der Waals surface area contributed by atoms with Crippen molar-refractivity contribution < 1.29 is 27.9 Å². The molecule has 0 spiro atoms. The molecule has 6 nitrogen and oxygen atoms in total. The number of carbonyl (C=O) groups excluding carboxylic acids is 2. The summed E-state index contributed by atoms with van der Waals surface area (Å²) in [6.07, 6.45) is -4.76. The average molecular weight is 472 g/mol. The first kappa shape index (κ1) is 24.5. The van der Waals surface area contributed by atoms with Crippen LogP contribution in [-0.2, 0) is 15.8 Å². The lowest BCUT2D eigenvalue weighted by molar-refractivity contribution is -0.137. The lowest BCUT2D eigenvalue weighted by Crippen LogP contribution is -2.42. The molecule has 0 aliphatic carbocycles. The average Bonchev–Trinajstić information content (AvgIpc) is 2.72. The van der Waals surface area contributed by atoms with Crippen LogP contribution in [0, 0.1) is 11.3 Å². The topological polar surface area (TPSA) is 102 Å². The zero-order valence-electron chi connectivity index (χ0n) is 16.1. The fourth-order valence-corrected chi connectivity index (χ4v) is 3.31. The van der Waals surface area contributed by atoms with Crippen LogP contribution in [0.1, 0.15) is 18.1 Å². The van der Waals surface area contributed by atoms with Crippen LogP contribution in [0.2, 0.25) is 0 Å². The molecule has 2 aromatic carbocycles. The van der Waals surface area contributed by atoms with Gasteiger partial charge in [-0.3, -0.25) is 9.59 Å². The van der Waals surface area contributed by atoms with Gasteiger partial charge in [0.05, 0.1) is 17.2 Å². The second-order valence-electron chi connectivity index (χ2n) is 6.59. The SMILES string of the molecule is C[C@@](O)(CSc1ccc(NC(=O)CCl)cc1)C(=O)Nc1ccc(C#N)c(C(F)(F)F)c1. The number of nitrogens with zero attached hydrogens (tertiary/aromatic N) is 1. The van der Waals surface area contributed by atoms with Gasteiger partial charge >= 0.3 is 6.18 Å². The van der Waals surface area contributed by atoms with Gasteiger partial charge in [0.2, 0.25) is 5.91 Å². The fourth-order valence-electron chi connectivity index (χ4n) is 2.34. The third kappa shape index (κ3) is 6.89. The van der Waals surface area contributed by atoms with Crippen molar-refractivity contribution in [1.82, 2.24) is 0 Å². The summed E-state index contributed by atoms with van der Waals surface area (Å²) in [7, 11) is 0. The Kier molecular flexibility index (Phi) is 7.95. The highest BCUT2D eigenvalue weighted by atomic mass is 35.5. The van der Waals surface area contributed by atoms with Gasteiger partial charge in [0.25, 0.3) is 5.91 Å². The van der Waals surface area contributed by atoms with Gasteiger partial charge in [-0.25, -0.2) is 0 Å². The van der Waals surface area contributed by atoms with Crippen molar-refractivity contribution in [2.24, 2.45) is 0 Å². The van der Waals surface area contributed by atoms with Crippen molar-refractivity contribution in [3.05, 3.63) is 53.6 Å². The van der Waals surface area contributed by atoms with E-state index in [2.05, 4.69) is 10.6 Å². The van der Waals surface area contributed by atoms with E-state index in [1.807, 2.05) is 0 Å². The fraction of sp³-hybridized carbons (Fsp3) is 0.250. The molecule has 164 valence electrons. The predicted octanol–water partition coefficient (Wildman–Crippen LogP) is 4.24. The molecular weight excluding hydrogens is 455 g/mol. The number of hydrogen-bond acceptors (Lipinski definition) is 5. The molecule has 0 aromatic heterocycles. The molecule has 11 heteroatoms. The van der Waals surface area contributed by atoms with Gasteiger partial charge in [0.15, 0.2) is 0 Å². The van der Waals surface area contributed by atoms with Crippen molar-refractivity contribution in [3.8, 4) is 6.07 Å². The molecule has 0 aliphatic heterocycles. The first-order valence-corrected chi connectivity index (χ1v) is 10.2. The molecule has 0 saturated carbocycles. The molecule has 0 fully saturated rings. The van der Waals surface area contributed by atoms with E-state index < -0.39 is 28.8 Å². The van der Waals surface area contributed by atoms with E-state index in [9.17, 15) is 27.9 Å². The number of hydrogen-bond donors (Lipinski definition) is 3. The lowest BCUT2D eigenvalue weighted by Gasteiger charge is -2.22. The van der Waals surface area contributed by atoms with Gasteiger partial charge in [0.1, 0.15) is 11.5 Å². The minimum absolute atomic E-state index is 0.0887. The van der Waals surface area contributed by atoms with Crippen LogP contribution >= 0.6 is 23.4 Å². The minimum Gasteiger partial charge on any atom is -0.379 e. The Morgan fingerprint density at radius 2 is 1.74 bits per heavy atom. The predicted molar refractivity (Wildman–Crippen MR) is 112 cm³/mol. The molecule has 2 amide bonds. The second-order valence-corrected chi connectivity index (χ2v) is 7.91. The van der Waals surface area contributed by atoms with Gasteiger partial charge in [-0.1, -0.05) is 0 Å². The van der Waals surface area contributed by atoms with E-state index in [1.54, 1.807) is 24.3 Å². The molecule has 0 aliphatic rings. The van der Waals surface area contributed by atoms with Crippen molar-refractivity contribution in [1.29, 1.82) is 5.26 Å². The minimum atomic E-state index is -4.76. The monoisotopic (exact) mass is 471 g/mol. The van der Waals surface area contributed by atoms with E-state index in [4.69, 9.17) is 16.9 Å². The summed E-state index contributed by atoms with van der Waals surface area (Å²) in [5.41, 5.74) is -3.31. The number of thioether (sulfide) groups is 1. The molecule has 0 heterocycles. The molecule has 0 radical (unpaired) electrons. The maximum Gasteiger partial charge on any atom is 0.417 e. The van der Waals surface area contributed by atoms with Crippen LogP contribution in [-0.4, -0.2) is 34.2 Å². The van der Waals surface area contributed by atoms with E-state index in [0.717, 1.165) is 23.9 Å². The number of carbonyl (C=O) groups is 2. The number of nitrogens with one attached hydrogen (secondary N) is 2. The molecule has 31 heavy (non-hydrogen) atoms. The first-order chi connectivity index (χ1) is 14.5. The van der Waals surface area contributed by atoms with Crippen molar-refractivity contribution in [3.63, 3.8) is 0 Å². The van der Waals surface area contributed by atoms with Crippen LogP contribution in [0.4, 0.5) is 24.5 Å². The maximum atomic E-state index is 13.1. The number of rotatable bonds is 7. The van der Waals surface area contributed by atoms with Crippen molar-refractivity contribution >= 4 is 46.6 Å². The van der Waals surface area contributed by atoms with Crippen LogP contribution in [0.25, 0.3) is 0 Å². The standard InChI is InChI=1S/C20H17ClF3N3O3S/c1-19(30,11-31-15-6-4-13(5-7-15)26-17(28)9-21)18(29)27-14-3-2-12(10-25)16(8-14)20(22,23)24/h2-8,30H,9,11H2,1H3,(H,26,28)(H,27,29)/t19-/m1/s1. The summed E-state index contributed by atoms with van der Waals surface area (Å²) in [6.45, 7) is 1.23. The molecule has 0 bridgehead atoms. The zero-order valence-corrected chi connectivity index (χ0v) is 17.7. The highest BCUT2D eigenvalue weighted by molar-refractivity contribution is 7.99. The number of halogens is 4. The Balaban J connectivity index is 2.03. The summed E-state index contributed by atoms with van der Waals surface area (Å²) < 4.78 is 39.2. The smallest absolute Gasteiger partial charge is 0.379 e. The molecule has 2 rings (SSSR count). The van der Waals surface area contributed by atoms with Crippen LogP contribution in [0.3, 0.4) is 0 Å². The van der Waals surface area contributed by atoms with E-state index in [-0.39, 0.29) is 23.2 Å². The third-order valence-electron chi connectivity index (χ3n) is 3.97. The highest BCUT2D eigenvalue weighted by Crippen LogP contribution is 2.34. The van der Waals surface area contributed by atoms with E-state index in [0.29, 0.717) is 16.6 Å². The Bertz CT molecular complexity index is 1010. The Morgan fingerprint density at radius 1 is 1.13 bits per heavy atom.